The van der Waals surface area contributed by atoms with E-state index in [0.29, 0.717) is 11.2 Å². The number of halogens is 1. The molecule has 0 amide bonds. The van der Waals surface area contributed by atoms with E-state index < -0.39 is 0 Å². The van der Waals surface area contributed by atoms with Gasteiger partial charge in [0.2, 0.25) is 0 Å². The zero-order valence-corrected chi connectivity index (χ0v) is 12.9. The number of nitrogens with zero attached hydrogens (tertiary/aromatic N) is 3. The van der Waals surface area contributed by atoms with Crippen molar-refractivity contribution in [1.82, 2.24) is 10.2 Å². The van der Waals surface area contributed by atoms with Crippen molar-refractivity contribution in [3.8, 4) is 0 Å². The zero-order chi connectivity index (χ0) is 13.2. The summed E-state index contributed by atoms with van der Waals surface area (Å²) in [6.07, 6.45) is 6.69. The number of hydrogen-bond donors (Lipinski definition) is 0. The normalized spacial score (nSPS) is 21.1. The van der Waals surface area contributed by atoms with E-state index in [1.165, 1.54) is 43.4 Å². The summed E-state index contributed by atoms with van der Waals surface area (Å²) in [6, 6.07) is 0.654. The van der Waals surface area contributed by atoms with E-state index in [-0.39, 0.29) is 0 Å². The summed E-state index contributed by atoms with van der Waals surface area (Å²) in [5, 5.41) is 9.13. The molecule has 0 aromatic carbocycles. The van der Waals surface area contributed by atoms with E-state index in [1.807, 2.05) is 11.8 Å². The van der Waals surface area contributed by atoms with E-state index in [2.05, 4.69) is 22.0 Å². The fourth-order valence-corrected chi connectivity index (χ4v) is 4.29. The molecule has 1 aliphatic heterocycles. The molecule has 19 heavy (non-hydrogen) atoms. The Kier molecular flexibility index (Phi) is 4.18. The number of hydrogen-bond acceptors (Lipinski definition) is 4. The second-order valence-electron chi connectivity index (χ2n) is 5.46. The van der Waals surface area contributed by atoms with Crippen LogP contribution in [-0.4, -0.2) is 28.5 Å². The Hall–Kier alpha value is -0.480. The number of fused-ring (bicyclic) bond motifs is 1. The van der Waals surface area contributed by atoms with Gasteiger partial charge >= 0.3 is 0 Å². The molecule has 1 aliphatic carbocycles. The highest BCUT2D eigenvalue weighted by Gasteiger charge is 2.27. The maximum Gasteiger partial charge on any atom is 0.155 e. The second-order valence-corrected chi connectivity index (χ2v) is 6.92. The largest absolute Gasteiger partial charge is 0.351 e. The van der Waals surface area contributed by atoms with Crippen molar-refractivity contribution in [2.24, 2.45) is 0 Å². The van der Waals surface area contributed by atoms with Gasteiger partial charge in [0.1, 0.15) is 0 Å². The Labute approximate surface area is 124 Å². The molecule has 0 unspecified atom stereocenters. The summed E-state index contributed by atoms with van der Waals surface area (Å²) < 4.78 is 0. The topological polar surface area (TPSA) is 29.0 Å². The maximum absolute atomic E-state index is 6.13. The lowest BCUT2D eigenvalue weighted by atomic mass is 9.94. The van der Waals surface area contributed by atoms with Crippen molar-refractivity contribution in [2.75, 3.05) is 17.2 Å². The van der Waals surface area contributed by atoms with E-state index in [0.717, 1.165) is 23.7 Å². The van der Waals surface area contributed by atoms with Gasteiger partial charge in [0.05, 0.1) is 0 Å². The fourth-order valence-electron chi connectivity index (χ4n) is 3.11. The molecule has 2 aliphatic rings. The van der Waals surface area contributed by atoms with Crippen molar-refractivity contribution < 1.29 is 0 Å². The van der Waals surface area contributed by atoms with Gasteiger partial charge in [-0.15, -0.1) is 10.2 Å². The first kappa shape index (κ1) is 13.5. The summed E-state index contributed by atoms with van der Waals surface area (Å²) in [5.74, 6) is 3.28. The summed E-state index contributed by atoms with van der Waals surface area (Å²) in [7, 11) is 0. The quantitative estimate of drug-likeness (QED) is 0.788. The van der Waals surface area contributed by atoms with Crippen LogP contribution in [0.25, 0.3) is 0 Å². The van der Waals surface area contributed by atoms with Gasteiger partial charge in [-0.3, -0.25) is 0 Å². The lowest BCUT2D eigenvalue weighted by Crippen LogP contribution is -2.39. The van der Waals surface area contributed by atoms with Crippen LogP contribution in [0.1, 0.15) is 43.2 Å². The van der Waals surface area contributed by atoms with Gasteiger partial charge < -0.3 is 4.90 Å². The van der Waals surface area contributed by atoms with Crippen molar-refractivity contribution in [3.63, 3.8) is 0 Å². The molecular weight excluding hydrogens is 278 g/mol. The zero-order valence-electron chi connectivity index (χ0n) is 11.4. The third-order valence-electron chi connectivity index (χ3n) is 4.27. The predicted octanol–water partition coefficient (Wildman–Crippen LogP) is 3.82. The molecule has 0 N–H and O–H groups in total. The second kappa shape index (κ2) is 5.88. The summed E-state index contributed by atoms with van der Waals surface area (Å²) in [5.41, 5.74) is 2.41. The summed E-state index contributed by atoms with van der Waals surface area (Å²) in [6.45, 7) is 3.17. The maximum atomic E-state index is 6.13. The molecule has 0 atom stereocenters. The predicted molar refractivity (Wildman–Crippen MR) is 82.2 cm³/mol. The van der Waals surface area contributed by atoms with Crippen molar-refractivity contribution in [3.05, 3.63) is 16.3 Å². The van der Waals surface area contributed by atoms with E-state index in [9.17, 15) is 0 Å². The van der Waals surface area contributed by atoms with Crippen molar-refractivity contribution >= 4 is 29.2 Å². The van der Waals surface area contributed by atoms with Gasteiger partial charge in [-0.25, -0.2) is 0 Å². The molecular formula is C14H20ClN3S. The van der Waals surface area contributed by atoms with Crippen LogP contribution in [0.3, 0.4) is 0 Å². The Bertz CT molecular complexity index is 460. The molecule has 1 aromatic rings. The first-order valence-corrected chi connectivity index (χ1v) is 8.66. The highest BCUT2D eigenvalue weighted by molar-refractivity contribution is 7.98. The summed E-state index contributed by atoms with van der Waals surface area (Å²) >= 11 is 8.11. The van der Waals surface area contributed by atoms with Crippen LogP contribution in [0.15, 0.2) is 0 Å². The van der Waals surface area contributed by atoms with Gasteiger partial charge in [-0.2, -0.15) is 11.8 Å². The van der Waals surface area contributed by atoms with Crippen LogP contribution in [0.4, 0.5) is 5.82 Å². The van der Waals surface area contributed by atoms with Crippen LogP contribution in [-0.2, 0) is 5.75 Å². The Morgan fingerprint density at radius 1 is 1.21 bits per heavy atom. The monoisotopic (exact) mass is 297 g/mol. The highest BCUT2D eigenvalue weighted by Crippen LogP contribution is 2.35. The molecule has 0 saturated heterocycles. The highest BCUT2D eigenvalue weighted by atomic mass is 35.5. The molecule has 3 rings (SSSR count). The number of anilines is 1. The first-order valence-electron chi connectivity index (χ1n) is 7.13. The van der Waals surface area contributed by atoms with Crippen LogP contribution >= 0.6 is 23.4 Å². The van der Waals surface area contributed by atoms with Gasteiger partial charge in [0.25, 0.3) is 0 Å². The summed E-state index contributed by atoms with van der Waals surface area (Å²) in [4.78, 5) is 2.50. The third-order valence-corrected chi connectivity index (χ3v) is 5.60. The molecule has 0 spiro atoms. The molecule has 2 heterocycles. The average Bonchev–Trinajstić information content (AvgIpc) is 2.67. The third kappa shape index (κ3) is 2.70. The minimum Gasteiger partial charge on any atom is -0.351 e. The Morgan fingerprint density at radius 3 is 2.79 bits per heavy atom. The number of rotatable bonds is 1. The smallest absolute Gasteiger partial charge is 0.155 e. The Morgan fingerprint density at radius 2 is 2.00 bits per heavy atom. The van der Waals surface area contributed by atoms with E-state index in [1.54, 1.807) is 0 Å². The molecule has 0 radical (unpaired) electrons. The molecule has 5 heteroatoms. The molecule has 104 valence electrons. The molecule has 0 bridgehead atoms. The average molecular weight is 298 g/mol. The minimum absolute atomic E-state index is 0.560. The van der Waals surface area contributed by atoms with Gasteiger partial charge in [-0.05, 0) is 25.3 Å². The van der Waals surface area contributed by atoms with E-state index in [4.69, 9.17) is 11.6 Å². The first-order chi connectivity index (χ1) is 9.27. The van der Waals surface area contributed by atoms with Gasteiger partial charge in [0.15, 0.2) is 11.0 Å². The lowest BCUT2D eigenvalue weighted by Gasteiger charge is -2.35. The van der Waals surface area contributed by atoms with Crippen molar-refractivity contribution in [2.45, 2.75) is 50.8 Å². The van der Waals surface area contributed by atoms with Crippen LogP contribution in [0, 0.1) is 6.92 Å². The van der Waals surface area contributed by atoms with Crippen LogP contribution in [0.5, 0.6) is 0 Å². The standard InChI is InChI=1S/C14H20ClN3S/c1-10-12-9-19-8-7-18(11-5-3-2-4-6-11)14(12)17-16-13(10)15/h11H,2-9H2,1H3. The van der Waals surface area contributed by atoms with Crippen LogP contribution < -0.4 is 4.90 Å². The van der Waals surface area contributed by atoms with Gasteiger partial charge in [0, 0.05) is 29.7 Å². The Balaban J connectivity index is 1.96. The molecule has 3 nitrogen and oxygen atoms in total. The van der Waals surface area contributed by atoms with Crippen LogP contribution in [0.2, 0.25) is 5.15 Å². The van der Waals surface area contributed by atoms with E-state index >= 15 is 0 Å². The lowest BCUT2D eigenvalue weighted by molar-refractivity contribution is 0.416. The molecule has 1 saturated carbocycles. The molecule has 1 fully saturated rings. The van der Waals surface area contributed by atoms with Crippen molar-refractivity contribution in [1.29, 1.82) is 0 Å². The van der Waals surface area contributed by atoms with Gasteiger partial charge in [-0.1, -0.05) is 30.9 Å². The number of aromatic nitrogens is 2. The molecule has 1 aromatic heterocycles. The SMILES string of the molecule is Cc1c(Cl)nnc2c1CSCCN2C1CCCCC1. The minimum atomic E-state index is 0.560. The number of thioether (sulfide) groups is 1. The fraction of sp³-hybridized carbons (Fsp3) is 0.714.